The molecule has 19 heavy (non-hydrogen) atoms. The SMILES string of the molecule is NC(=O)C#Cc1ccc2oc(C(=O)O)cc(=O)c2c1. The number of aromatic carboxylic acids is 1. The lowest BCUT2D eigenvalue weighted by Crippen LogP contribution is -2.07. The summed E-state index contributed by atoms with van der Waals surface area (Å²) in [7, 11) is 0. The van der Waals surface area contributed by atoms with Crippen LogP contribution in [0.2, 0.25) is 0 Å². The molecule has 0 radical (unpaired) electrons. The number of benzene rings is 1. The van der Waals surface area contributed by atoms with Gasteiger partial charge in [-0.2, -0.15) is 0 Å². The summed E-state index contributed by atoms with van der Waals surface area (Å²) in [6.45, 7) is 0. The zero-order valence-corrected chi connectivity index (χ0v) is 9.47. The van der Waals surface area contributed by atoms with E-state index in [1.165, 1.54) is 18.2 Å². The van der Waals surface area contributed by atoms with Gasteiger partial charge in [0.25, 0.3) is 5.91 Å². The molecule has 1 aromatic carbocycles. The van der Waals surface area contributed by atoms with Crippen LogP contribution in [0.5, 0.6) is 0 Å². The fraction of sp³-hybridized carbons (Fsp3) is 0. The third-order valence-electron chi connectivity index (χ3n) is 2.27. The van der Waals surface area contributed by atoms with Gasteiger partial charge in [0.15, 0.2) is 5.43 Å². The van der Waals surface area contributed by atoms with Crippen molar-refractivity contribution in [2.24, 2.45) is 5.73 Å². The van der Waals surface area contributed by atoms with Crippen molar-refractivity contribution in [2.45, 2.75) is 0 Å². The van der Waals surface area contributed by atoms with Gasteiger partial charge in [-0.05, 0) is 24.1 Å². The summed E-state index contributed by atoms with van der Waals surface area (Å²) in [4.78, 5) is 33.0. The van der Waals surface area contributed by atoms with Gasteiger partial charge >= 0.3 is 5.97 Å². The molecule has 0 aliphatic carbocycles. The molecule has 6 nitrogen and oxygen atoms in total. The summed E-state index contributed by atoms with van der Waals surface area (Å²) in [6.07, 6.45) is 0. The Labute approximate surface area is 106 Å². The summed E-state index contributed by atoms with van der Waals surface area (Å²) < 4.78 is 5.05. The lowest BCUT2D eigenvalue weighted by molar-refractivity contribution is -0.112. The first-order chi connectivity index (χ1) is 8.97. The van der Waals surface area contributed by atoms with Gasteiger partial charge < -0.3 is 15.3 Å². The van der Waals surface area contributed by atoms with E-state index >= 15 is 0 Å². The largest absolute Gasteiger partial charge is 0.475 e. The van der Waals surface area contributed by atoms with E-state index in [1.54, 1.807) is 0 Å². The maximum atomic E-state index is 11.7. The van der Waals surface area contributed by atoms with Crippen molar-refractivity contribution in [3.8, 4) is 11.8 Å². The normalized spacial score (nSPS) is 9.68. The molecule has 1 amide bonds. The van der Waals surface area contributed by atoms with Crippen LogP contribution in [0.3, 0.4) is 0 Å². The standard InChI is InChI=1S/C13H7NO5/c14-12(16)4-2-7-1-3-10-8(5-7)9(15)6-11(19-10)13(17)18/h1,3,5-6H,(H2,14,16)(H,17,18). The van der Waals surface area contributed by atoms with Crippen LogP contribution in [0.15, 0.2) is 33.5 Å². The Morgan fingerprint density at radius 1 is 1.26 bits per heavy atom. The predicted molar refractivity (Wildman–Crippen MR) is 65.5 cm³/mol. The second-order valence-electron chi connectivity index (χ2n) is 3.61. The first-order valence-electron chi connectivity index (χ1n) is 5.10. The molecule has 0 unspecified atom stereocenters. The molecule has 0 aliphatic rings. The highest BCUT2D eigenvalue weighted by Gasteiger charge is 2.10. The third kappa shape index (κ3) is 2.61. The number of hydrogen-bond donors (Lipinski definition) is 2. The number of carboxylic acid groups (broad SMARTS) is 1. The van der Waals surface area contributed by atoms with E-state index in [9.17, 15) is 14.4 Å². The zero-order chi connectivity index (χ0) is 14.0. The number of fused-ring (bicyclic) bond motifs is 1. The first-order valence-corrected chi connectivity index (χ1v) is 5.10. The summed E-state index contributed by atoms with van der Waals surface area (Å²) in [6, 6.07) is 5.19. The van der Waals surface area contributed by atoms with Crippen molar-refractivity contribution in [3.63, 3.8) is 0 Å². The Hall–Kier alpha value is -3.07. The fourth-order valence-corrected chi connectivity index (χ4v) is 1.47. The third-order valence-corrected chi connectivity index (χ3v) is 2.27. The molecule has 6 heteroatoms. The molecular weight excluding hydrogens is 250 g/mol. The lowest BCUT2D eigenvalue weighted by Gasteiger charge is -1.99. The van der Waals surface area contributed by atoms with Gasteiger partial charge in [-0.15, -0.1) is 0 Å². The molecule has 3 N–H and O–H groups in total. The van der Waals surface area contributed by atoms with Crippen LogP contribution in [0.25, 0.3) is 11.0 Å². The average molecular weight is 257 g/mol. The van der Waals surface area contributed by atoms with Crippen LogP contribution in [0.1, 0.15) is 16.1 Å². The van der Waals surface area contributed by atoms with Gasteiger partial charge in [0.1, 0.15) is 5.58 Å². The monoisotopic (exact) mass is 257 g/mol. The highest BCUT2D eigenvalue weighted by atomic mass is 16.4. The van der Waals surface area contributed by atoms with Crippen LogP contribution in [-0.4, -0.2) is 17.0 Å². The maximum absolute atomic E-state index is 11.7. The smallest absolute Gasteiger partial charge is 0.371 e. The molecule has 0 saturated heterocycles. The minimum atomic E-state index is -1.32. The van der Waals surface area contributed by atoms with E-state index in [1.807, 2.05) is 0 Å². The summed E-state index contributed by atoms with van der Waals surface area (Å²) in [5, 5.41) is 8.94. The van der Waals surface area contributed by atoms with Crippen molar-refractivity contribution in [1.82, 2.24) is 0 Å². The first kappa shape index (κ1) is 12.4. The minimum Gasteiger partial charge on any atom is -0.475 e. The molecule has 1 aromatic heterocycles. The number of carbonyl (C=O) groups is 2. The number of primary amides is 1. The summed E-state index contributed by atoms with van der Waals surface area (Å²) >= 11 is 0. The number of carboxylic acids is 1. The molecular formula is C13H7NO5. The van der Waals surface area contributed by atoms with E-state index in [-0.39, 0.29) is 11.0 Å². The van der Waals surface area contributed by atoms with Crippen LogP contribution in [-0.2, 0) is 4.79 Å². The van der Waals surface area contributed by atoms with E-state index in [4.69, 9.17) is 15.3 Å². The van der Waals surface area contributed by atoms with E-state index in [2.05, 4.69) is 11.8 Å². The van der Waals surface area contributed by atoms with Gasteiger partial charge in [-0.1, -0.05) is 5.92 Å². The van der Waals surface area contributed by atoms with Crippen LogP contribution in [0, 0.1) is 11.8 Å². The molecule has 0 bridgehead atoms. The van der Waals surface area contributed by atoms with Crippen molar-refractivity contribution in [2.75, 3.05) is 0 Å². The lowest BCUT2D eigenvalue weighted by atomic mass is 10.1. The molecule has 2 rings (SSSR count). The molecule has 0 saturated carbocycles. The van der Waals surface area contributed by atoms with Crippen molar-refractivity contribution < 1.29 is 19.1 Å². The number of rotatable bonds is 1. The van der Waals surface area contributed by atoms with Gasteiger partial charge in [0, 0.05) is 11.6 Å². The second-order valence-corrected chi connectivity index (χ2v) is 3.61. The molecule has 94 valence electrons. The van der Waals surface area contributed by atoms with Gasteiger partial charge in [-0.25, -0.2) is 4.79 Å². The Balaban J connectivity index is 2.63. The quantitative estimate of drug-likeness (QED) is 0.715. The van der Waals surface area contributed by atoms with Crippen molar-refractivity contribution in [1.29, 1.82) is 0 Å². The molecule has 0 aliphatic heterocycles. The Morgan fingerprint density at radius 2 is 2.00 bits per heavy atom. The Morgan fingerprint density at radius 3 is 2.63 bits per heavy atom. The molecule has 1 heterocycles. The summed E-state index contributed by atoms with van der Waals surface area (Å²) in [5.74, 6) is 2.07. The van der Waals surface area contributed by atoms with Gasteiger partial charge in [-0.3, -0.25) is 9.59 Å². The van der Waals surface area contributed by atoms with Gasteiger partial charge in [0.05, 0.1) is 5.39 Å². The van der Waals surface area contributed by atoms with E-state index < -0.39 is 23.1 Å². The van der Waals surface area contributed by atoms with Crippen LogP contribution < -0.4 is 11.2 Å². The van der Waals surface area contributed by atoms with Gasteiger partial charge in [0.2, 0.25) is 5.76 Å². The number of hydrogen-bond acceptors (Lipinski definition) is 4. The average Bonchev–Trinajstić information content (AvgIpc) is 2.36. The van der Waals surface area contributed by atoms with Crippen molar-refractivity contribution >= 4 is 22.8 Å². The summed E-state index contributed by atoms with van der Waals surface area (Å²) in [5.41, 5.74) is 4.92. The van der Waals surface area contributed by atoms with Crippen LogP contribution >= 0.6 is 0 Å². The number of carbonyl (C=O) groups excluding carboxylic acids is 1. The predicted octanol–water partition coefficient (Wildman–Crippen LogP) is 0.328. The molecule has 2 aromatic rings. The fourth-order valence-electron chi connectivity index (χ4n) is 1.47. The van der Waals surface area contributed by atoms with E-state index in [0.29, 0.717) is 5.56 Å². The maximum Gasteiger partial charge on any atom is 0.371 e. The molecule has 0 spiro atoms. The Bertz CT molecular complexity index is 807. The number of amides is 1. The highest BCUT2D eigenvalue weighted by molar-refractivity contribution is 5.93. The Kier molecular flexibility index (Phi) is 3.04. The number of nitrogens with two attached hydrogens (primary N) is 1. The molecule has 0 fully saturated rings. The highest BCUT2D eigenvalue weighted by Crippen LogP contribution is 2.14. The van der Waals surface area contributed by atoms with Crippen LogP contribution in [0.4, 0.5) is 0 Å². The van der Waals surface area contributed by atoms with E-state index in [0.717, 1.165) is 6.07 Å². The zero-order valence-electron chi connectivity index (χ0n) is 9.47. The topological polar surface area (TPSA) is 111 Å². The van der Waals surface area contributed by atoms with Crippen molar-refractivity contribution in [3.05, 3.63) is 45.8 Å². The minimum absolute atomic E-state index is 0.134. The second kappa shape index (κ2) is 4.66. The molecule has 0 atom stereocenters.